The lowest BCUT2D eigenvalue weighted by Crippen LogP contribution is -2.49. The predicted octanol–water partition coefficient (Wildman–Crippen LogP) is 1.82. The Morgan fingerprint density at radius 3 is 2.38 bits per heavy atom. The summed E-state index contributed by atoms with van der Waals surface area (Å²) in [5, 5.41) is 0.589. The van der Waals surface area contributed by atoms with Gasteiger partial charge in [-0.15, -0.1) is 0 Å². The van der Waals surface area contributed by atoms with Crippen LogP contribution in [-0.2, 0) is 17.1 Å². The van der Waals surface area contributed by atoms with Crippen LogP contribution in [0.25, 0.3) is 0 Å². The van der Waals surface area contributed by atoms with Crippen molar-refractivity contribution in [3.8, 4) is 0 Å². The minimum Gasteiger partial charge on any atom is -0.353 e. The number of aromatic nitrogens is 2. The van der Waals surface area contributed by atoms with Gasteiger partial charge >= 0.3 is 0 Å². The third kappa shape index (κ3) is 3.99. The normalized spacial score (nSPS) is 18.4. The summed E-state index contributed by atoms with van der Waals surface area (Å²) in [6, 6.07) is 5.17. The van der Waals surface area contributed by atoms with Gasteiger partial charge in [0.05, 0.1) is 5.02 Å². The van der Waals surface area contributed by atoms with Crippen LogP contribution in [0.15, 0.2) is 35.5 Å². The molecule has 0 aliphatic carbocycles. The van der Waals surface area contributed by atoms with Crippen LogP contribution in [0.2, 0.25) is 5.02 Å². The second-order valence-electron chi connectivity index (χ2n) is 7.40. The number of amides is 1. The molecule has 2 saturated heterocycles. The molecule has 0 aromatic carbocycles. The molecule has 0 saturated carbocycles. The number of sulfonamides is 1. The van der Waals surface area contributed by atoms with Gasteiger partial charge in [0.1, 0.15) is 16.4 Å². The number of rotatable bonds is 4. The summed E-state index contributed by atoms with van der Waals surface area (Å²) in [5.74, 6) is 0.679. The Hall–Kier alpha value is -2.10. The summed E-state index contributed by atoms with van der Waals surface area (Å²) in [5.41, 5.74) is 0.390. The van der Waals surface area contributed by atoms with E-state index in [2.05, 4.69) is 9.88 Å². The third-order valence-corrected chi connectivity index (χ3v) is 7.59. The molecule has 0 atom stereocenters. The summed E-state index contributed by atoms with van der Waals surface area (Å²) < 4.78 is 28.7. The number of anilines is 1. The molecule has 29 heavy (non-hydrogen) atoms. The first kappa shape index (κ1) is 20.2. The van der Waals surface area contributed by atoms with Crippen LogP contribution < -0.4 is 4.90 Å². The molecule has 2 aromatic heterocycles. The highest BCUT2D eigenvalue weighted by molar-refractivity contribution is 7.89. The number of piperazine rings is 1. The van der Waals surface area contributed by atoms with Crippen molar-refractivity contribution in [3.05, 3.63) is 41.3 Å². The largest absolute Gasteiger partial charge is 0.353 e. The minimum atomic E-state index is -3.54. The first-order valence-corrected chi connectivity index (χ1v) is 11.5. The molecule has 2 fully saturated rings. The van der Waals surface area contributed by atoms with Crippen LogP contribution in [-0.4, -0.2) is 72.3 Å². The second-order valence-corrected chi connectivity index (χ2v) is 9.77. The maximum atomic E-state index is 13.0. The van der Waals surface area contributed by atoms with Crippen LogP contribution in [0.5, 0.6) is 0 Å². The minimum absolute atomic E-state index is 0.154. The van der Waals surface area contributed by atoms with E-state index in [4.69, 9.17) is 11.6 Å². The van der Waals surface area contributed by atoms with E-state index in [0.29, 0.717) is 50.0 Å². The van der Waals surface area contributed by atoms with Crippen molar-refractivity contribution in [1.29, 1.82) is 0 Å². The highest BCUT2D eigenvalue weighted by Gasteiger charge is 2.31. The number of carbonyl (C=O) groups is 1. The zero-order valence-electron chi connectivity index (χ0n) is 16.3. The molecule has 0 N–H and O–H groups in total. The molecule has 2 aromatic rings. The lowest BCUT2D eigenvalue weighted by Gasteiger charge is -2.35. The molecule has 2 aliphatic rings. The zero-order valence-corrected chi connectivity index (χ0v) is 17.9. The topological polar surface area (TPSA) is 78.8 Å². The Bertz CT molecular complexity index is 991. The first-order chi connectivity index (χ1) is 13.9. The third-order valence-electron chi connectivity index (χ3n) is 5.50. The lowest BCUT2D eigenvalue weighted by molar-refractivity contribution is 0.0737. The number of halogens is 1. The molecular weight excluding hydrogens is 414 g/mol. The standard InChI is InChI=1S/C19H24ClN5O3S/c1-22-14-16(29(27,28)25-6-2-3-7-25)12-17(22)19(26)24-10-8-23(9-11-24)18-5-4-15(20)13-21-18/h4-5,12-14H,2-3,6-11H2,1H3. The maximum Gasteiger partial charge on any atom is 0.270 e. The summed E-state index contributed by atoms with van der Waals surface area (Å²) in [7, 11) is -1.83. The molecule has 156 valence electrons. The van der Waals surface area contributed by atoms with Gasteiger partial charge in [0.25, 0.3) is 5.91 Å². The van der Waals surface area contributed by atoms with E-state index in [1.807, 2.05) is 6.07 Å². The van der Waals surface area contributed by atoms with E-state index in [9.17, 15) is 13.2 Å². The van der Waals surface area contributed by atoms with Crippen molar-refractivity contribution < 1.29 is 13.2 Å². The SMILES string of the molecule is Cn1cc(S(=O)(=O)N2CCCC2)cc1C(=O)N1CCN(c2ccc(Cl)cn2)CC1. The van der Waals surface area contributed by atoms with Gasteiger partial charge in [0, 0.05) is 58.7 Å². The quantitative estimate of drug-likeness (QED) is 0.729. The van der Waals surface area contributed by atoms with Gasteiger partial charge in [0.15, 0.2) is 0 Å². The lowest BCUT2D eigenvalue weighted by atomic mass is 10.2. The summed E-state index contributed by atoms with van der Waals surface area (Å²) in [4.78, 5) is 21.4. The molecule has 0 spiro atoms. The molecule has 1 amide bonds. The zero-order chi connectivity index (χ0) is 20.6. The highest BCUT2D eigenvalue weighted by Crippen LogP contribution is 2.24. The van der Waals surface area contributed by atoms with E-state index in [1.165, 1.54) is 16.6 Å². The van der Waals surface area contributed by atoms with Crippen LogP contribution in [0.3, 0.4) is 0 Å². The Balaban J connectivity index is 1.45. The van der Waals surface area contributed by atoms with E-state index in [1.54, 1.807) is 28.8 Å². The van der Waals surface area contributed by atoms with Crippen LogP contribution >= 0.6 is 11.6 Å². The van der Waals surface area contributed by atoms with Crippen LogP contribution in [0.1, 0.15) is 23.3 Å². The number of hydrogen-bond acceptors (Lipinski definition) is 5. The smallest absolute Gasteiger partial charge is 0.270 e. The summed E-state index contributed by atoms with van der Waals surface area (Å²) in [6.07, 6.45) is 4.91. The van der Waals surface area contributed by atoms with E-state index in [-0.39, 0.29) is 10.8 Å². The van der Waals surface area contributed by atoms with Crippen LogP contribution in [0, 0.1) is 0 Å². The molecule has 10 heteroatoms. The van der Waals surface area contributed by atoms with Crippen molar-refractivity contribution in [1.82, 2.24) is 18.8 Å². The average molecular weight is 438 g/mol. The Morgan fingerprint density at radius 2 is 1.76 bits per heavy atom. The van der Waals surface area contributed by atoms with Gasteiger partial charge in [-0.2, -0.15) is 4.31 Å². The number of carbonyl (C=O) groups excluding carboxylic acids is 1. The average Bonchev–Trinajstić information content (AvgIpc) is 3.39. The van der Waals surface area contributed by atoms with Crippen molar-refractivity contribution in [3.63, 3.8) is 0 Å². The molecule has 0 radical (unpaired) electrons. The predicted molar refractivity (Wildman–Crippen MR) is 111 cm³/mol. The fourth-order valence-corrected chi connectivity index (χ4v) is 5.52. The van der Waals surface area contributed by atoms with Crippen LogP contribution in [0.4, 0.5) is 5.82 Å². The fourth-order valence-electron chi connectivity index (χ4n) is 3.82. The summed E-state index contributed by atoms with van der Waals surface area (Å²) >= 11 is 5.89. The molecule has 4 heterocycles. The number of aryl methyl sites for hydroxylation is 1. The van der Waals surface area contributed by atoms with Gasteiger partial charge in [-0.05, 0) is 31.0 Å². The van der Waals surface area contributed by atoms with Gasteiger partial charge in [0.2, 0.25) is 10.0 Å². The number of nitrogens with zero attached hydrogens (tertiary/aromatic N) is 5. The monoisotopic (exact) mass is 437 g/mol. The van der Waals surface area contributed by atoms with Crippen molar-refractivity contribution in [2.45, 2.75) is 17.7 Å². The van der Waals surface area contributed by atoms with Crippen molar-refractivity contribution >= 4 is 33.3 Å². The second kappa shape index (κ2) is 7.97. The Labute approximate surface area is 175 Å². The molecule has 0 unspecified atom stereocenters. The van der Waals surface area contributed by atoms with Crippen molar-refractivity contribution in [2.75, 3.05) is 44.2 Å². The van der Waals surface area contributed by atoms with E-state index < -0.39 is 10.0 Å². The molecule has 4 rings (SSSR count). The van der Waals surface area contributed by atoms with Crippen molar-refractivity contribution in [2.24, 2.45) is 7.05 Å². The highest BCUT2D eigenvalue weighted by atomic mass is 35.5. The Morgan fingerprint density at radius 1 is 1.07 bits per heavy atom. The van der Waals surface area contributed by atoms with Gasteiger partial charge in [-0.1, -0.05) is 11.6 Å². The van der Waals surface area contributed by atoms with Gasteiger partial charge in [-0.25, -0.2) is 13.4 Å². The fraction of sp³-hybridized carbons (Fsp3) is 0.474. The van der Waals surface area contributed by atoms with E-state index in [0.717, 1.165) is 18.7 Å². The number of hydrogen-bond donors (Lipinski definition) is 0. The molecule has 0 bridgehead atoms. The summed E-state index contributed by atoms with van der Waals surface area (Å²) in [6.45, 7) is 3.49. The first-order valence-electron chi connectivity index (χ1n) is 9.68. The van der Waals surface area contributed by atoms with Gasteiger partial charge < -0.3 is 14.4 Å². The van der Waals surface area contributed by atoms with Gasteiger partial charge in [-0.3, -0.25) is 4.79 Å². The number of pyridine rings is 1. The van der Waals surface area contributed by atoms with E-state index >= 15 is 0 Å². The molecule has 2 aliphatic heterocycles. The molecule has 8 nitrogen and oxygen atoms in total. The Kier molecular flexibility index (Phi) is 5.54. The molecular formula is C19H24ClN5O3S. The maximum absolute atomic E-state index is 13.0.